The summed E-state index contributed by atoms with van der Waals surface area (Å²) in [4.78, 5) is 0. The number of anilines is 1. The predicted molar refractivity (Wildman–Crippen MR) is 82.9 cm³/mol. The molecule has 0 bridgehead atoms. The predicted octanol–water partition coefficient (Wildman–Crippen LogP) is 4.42. The first-order valence-electron chi connectivity index (χ1n) is 5.86. The molecule has 0 heterocycles. The van der Waals surface area contributed by atoms with E-state index in [0.717, 1.165) is 40.5 Å². The summed E-state index contributed by atoms with van der Waals surface area (Å²) in [7, 11) is 0. The molecule has 0 aromatic heterocycles. The van der Waals surface area contributed by atoms with Crippen molar-refractivity contribution in [3.63, 3.8) is 0 Å². The van der Waals surface area contributed by atoms with E-state index in [1.807, 2.05) is 18.2 Å². The van der Waals surface area contributed by atoms with Gasteiger partial charge in [0.25, 0.3) is 0 Å². The Kier molecular flexibility index (Phi) is 7.23. The monoisotopic (exact) mass is 367 g/mol. The van der Waals surface area contributed by atoms with Crippen LogP contribution in [-0.2, 0) is 4.74 Å². The molecule has 0 spiro atoms. The fraction of sp³-hybridized carbons (Fsp3) is 0.538. The SMILES string of the molecule is CC(C)CCOCCNc1ccc(I)cc1Cl. The third-order valence-electron chi connectivity index (χ3n) is 2.33. The van der Waals surface area contributed by atoms with Crippen LogP contribution in [0.5, 0.6) is 0 Å². The number of ether oxygens (including phenoxy) is 1. The third-order valence-corrected chi connectivity index (χ3v) is 3.32. The molecule has 0 aliphatic heterocycles. The largest absolute Gasteiger partial charge is 0.382 e. The van der Waals surface area contributed by atoms with Crippen LogP contribution in [0, 0.1) is 9.49 Å². The van der Waals surface area contributed by atoms with Crippen LogP contribution >= 0.6 is 34.2 Å². The standard InChI is InChI=1S/C13H19ClINO/c1-10(2)5-7-17-8-6-16-13-4-3-11(15)9-12(13)14/h3-4,9-10,16H,5-8H2,1-2H3. The van der Waals surface area contributed by atoms with Gasteiger partial charge in [0.05, 0.1) is 17.3 Å². The van der Waals surface area contributed by atoms with Gasteiger partial charge in [-0.1, -0.05) is 25.4 Å². The molecule has 1 N–H and O–H groups in total. The molecule has 2 nitrogen and oxygen atoms in total. The second-order valence-electron chi connectivity index (χ2n) is 4.35. The van der Waals surface area contributed by atoms with Gasteiger partial charge in [0, 0.05) is 16.7 Å². The molecule has 1 aromatic carbocycles. The molecular formula is C13H19ClINO. The summed E-state index contributed by atoms with van der Waals surface area (Å²) in [6.07, 6.45) is 1.12. The summed E-state index contributed by atoms with van der Waals surface area (Å²) in [5.74, 6) is 0.702. The van der Waals surface area contributed by atoms with E-state index in [0.29, 0.717) is 5.92 Å². The topological polar surface area (TPSA) is 21.3 Å². The Morgan fingerprint density at radius 3 is 2.76 bits per heavy atom. The lowest BCUT2D eigenvalue weighted by molar-refractivity contribution is 0.132. The molecule has 0 aliphatic rings. The van der Waals surface area contributed by atoms with Crippen LogP contribution < -0.4 is 5.32 Å². The van der Waals surface area contributed by atoms with Crippen LogP contribution in [0.3, 0.4) is 0 Å². The maximum Gasteiger partial charge on any atom is 0.0648 e. The van der Waals surface area contributed by atoms with Crippen molar-refractivity contribution >= 4 is 39.9 Å². The van der Waals surface area contributed by atoms with Gasteiger partial charge in [-0.2, -0.15) is 0 Å². The number of nitrogens with one attached hydrogen (secondary N) is 1. The lowest BCUT2D eigenvalue weighted by Crippen LogP contribution is -2.11. The molecule has 0 aliphatic carbocycles. The molecule has 0 amide bonds. The minimum Gasteiger partial charge on any atom is -0.382 e. The van der Waals surface area contributed by atoms with Crippen molar-refractivity contribution in [2.75, 3.05) is 25.1 Å². The first-order valence-corrected chi connectivity index (χ1v) is 7.32. The average Bonchev–Trinajstić information content (AvgIpc) is 2.25. The van der Waals surface area contributed by atoms with Crippen molar-refractivity contribution in [1.29, 1.82) is 0 Å². The summed E-state index contributed by atoms with van der Waals surface area (Å²) in [5, 5.41) is 4.03. The smallest absolute Gasteiger partial charge is 0.0648 e. The summed E-state index contributed by atoms with van der Waals surface area (Å²) in [5.41, 5.74) is 0.972. The molecule has 1 rings (SSSR count). The fourth-order valence-corrected chi connectivity index (χ4v) is 2.23. The summed E-state index contributed by atoms with van der Waals surface area (Å²) < 4.78 is 6.67. The van der Waals surface area contributed by atoms with Crippen LogP contribution in [-0.4, -0.2) is 19.8 Å². The van der Waals surface area contributed by atoms with Crippen LogP contribution in [0.2, 0.25) is 5.02 Å². The normalized spacial score (nSPS) is 10.9. The Labute approximate surface area is 122 Å². The molecule has 96 valence electrons. The van der Waals surface area contributed by atoms with Gasteiger partial charge in [-0.05, 0) is 53.1 Å². The van der Waals surface area contributed by atoms with Crippen LogP contribution in [0.15, 0.2) is 18.2 Å². The van der Waals surface area contributed by atoms with E-state index in [1.54, 1.807) is 0 Å². The third kappa shape index (κ3) is 6.48. The highest BCUT2D eigenvalue weighted by Gasteiger charge is 2.00. The van der Waals surface area contributed by atoms with Gasteiger partial charge in [-0.15, -0.1) is 0 Å². The highest BCUT2D eigenvalue weighted by molar-refractivity contribution is 14.1. The number of hydrogen-bond donors (Lipinski definition) is 1. The number of halogens is 2. The van der Waals surface area contributed by atoms with Crippen LogP contribution in [0.25, 0.3) is 0 Å². The quantitative estimate of drug-likeness (QED) is 0.569. The van der Waals surface area contributed by atoms with E-state index in [2.05, 4.69) is 41.8 Å². The average molecular weight is 368 g/mol. The van der Waals surface area contributed by atoms with Crippen molar-refractivity contribution in [2.45, 2.75) is 20.3 Å². The van der Waals surface area contributed by atoms with Gasteiger partial charge >= 0.3 is 0 Å². The maximum absolute atomic E-state index is 6.10. The van der Waals surface area contributed by atoms with E-state index in [9.17, 15) is 0 Å². The molecule has 0 unspecified atom stereocenters. The van der Waals surface area contributed by atoms with Gasteiger partial charge < -0.3 is 10.1 Å². The molecular weight excluding hydrogens is 349 g/mol. The van der Waals surface area contributed by atoms with Crippen molar-refractivity contribution < 1.29 is 4.74 Å². The zero-order valence-corrected chi connectivity index (χ0v) is 13.2. The Balaban J connectivity index is 2.18. The lowest BCUT2D eigenvalue weighted by Gasteiger charge is -2.10. The zero-order chi connectivity index (χ0) is 12.7. The molecule has 0 atom stereocenters. The maximum atomic E-state index is 6.10. The Morgan fingerprint density at radius 1 is 1.35 bits per heavy atom. The second-order valence-corrected chi connectivity index (χ2v) is 6.00. The van der Waals surface area contributed by atoms with Crippen molar-refractivity contribution in [2.24, 2.45) is 5.92 Å². The van der Waals surface area contributed by atoms with E-state index in [4.69, 9.17) is 16.3 Å². The van der Waals surface area contributed by atoms with Crippen molar-refractivity contribution in [3.05, 3.63) is 26.8 Å². The van der Waals surface area contributed by atoms with Gasteiger partial charge in [0.15, 0.2) is 0 Å². The zero-order valence-electron chi connectivity index (χ0n) is 10.3. The molecule has 0 saturated carbocycles. The highest BCUT2D eigenvalue weighted by Crippen LogP contribution is 2.23. The van der Waals surface area contributed by atoms with E-state index < -0.39 is 0 Å². The van der Waals surface area contributed by atoms with Gasteiger partial charge in [-0.25, -0.2) is 0 Å². The molecule has 17 heavy (non-hydrogen) atoms. The van der Waals surface area contributed by atoms with Gasteiger partial charge in [-0.3, -0.25) is 0 Å². The number of rotatable bonds is 7. The number of benzene rings is 1. The number of hydrogen-bond acceptors (Lipinski definition) is 2. The molecule has 0 radical (unpaired) electrons. The minimum absolute atomic E-state index is 0.702. The molecule has 0 fully saturated rings. The Hall–Kier alpha value is -0.0000000000000000555. The first kappa shape index (κ1) is 15.1. The summed E-state index contributed by atoms with van der Waals surface area (Å²) in [6, 6.07) is 5.98. The van der Waals surface area contributed by atoms with Gasteiger partial charge in [0.2, 0.25) is 0 Å². The molecule has 1 aromatic rings. The van der Waals surface area contributed by atoms with Crippen LogP contribution in [0.1, 0.15) is 20.3 Å². The van der Waals surface area contributed by atoms with Crippen molar-refractivity contribution in [3.8, 4) is 0 Å². The Morgan fingerprint density at radius 2 is 2.12 bits per heavy atom. The molecule has 4 heteroatoms. The lowest BCUT2D eigenvalue weighted by atomic mass is 10.1. The summed E-state index contributed by atoms with van der Waals surface area (Å²) >= 11 is 8.35. The van der Waals surface area contributed by atoms with E-state index in [-0.39, 0.29) is 0 Å². The Bertz CT molecular complexity index is 344. The van der Waals surface area contributed by atoms with E-state index >= 15 is 0 Å². The van der Waals surface area contributed by atoms with Crippen molar-refractivity contribution in [1.82, 2.24) is 0 Å². The van der Waals surface area contributed by atoms with Crippen LogP contribution in [0.4, 0.5) is 5.69 Å². The van der Waals surface area contributed by atoms with E-state index in [1.165, 1.54) is 0 Å². The highest BCUT2D eigenvalue weighted by atomic mass is 127. The second kappa shape index (κ2) is 8.16. The van der Waals surface area contributed by atoms with Gasteiger partial charge in [0.1, 0.15) is 0 Å². The fourth-order valence-electron chi connectivity index (χ4n) is 1.31. The minimum atomic E-state index is 0.702. The summed E-state index contributed by atoms with van der Waals surface area (Å²) in [6.45, 7) is 6.74. The first-order chi connectivity index (χ1) is 8.09. The molecule has 0 saturated heterocycles.